The van der Waals surface area contributed by atoms with E-state index in [0.717, 1.165) is 0 Å². The van der Waals surface area contributed by atoms with Crippen LogP contribution in [0.2, 0.25) is 0 Å². The third kappa shape index (κ3) is 4.16. The normalized spacial score (nSPS) is 10.3. The Morgan fingerprint density at radius 1 is 1.09 bits per heavy atom. The van der Waals surface area contributed by atoms with E-state index in [9.17, 15) is 19.2 Å². The number of imidazole rings is 1. The highest BCUT2D eigenvalue weighted by atomic mass is 16.4. The third-order valence-electron chi connectivity index (χ3n) is 3.14. The molecule has 2 rings (SSSR count). The number of H-pyrrole nitrogens is 2. The lowest BCUT2D eigenvalue weighted by molar-refractivity contribution is -0.138. The van der Waals surface area contributed by atoms with Crippen molar-refractivity contribution >= 4 is 23.3 Å². The van der Waals surface area contributed by atoms with Gasteiger partial charge in [-0.2, -0.15) is 0 Å². The fraction of sp³-hybridized carbons (Fsp3) is 0.200. The number of anilines is 1. The highest BCUT2D eigenvalue weighted by molar-refractivity contribution is 6.08. The third-order valence-corrected chi connectivity index (χ3v) is 3.14. The Labute approximate surface area is 130 Å². The first-order valence-electron chi connectivity index (χ1n) is 6.82. The fourth-order valence-corrected chi connectivity index (χ4v) is 1.99. The molecule has 0 aliphatic rings. The zero-order valence-electron chi connectivity index (χ0n) is 12.3. The lowest BCUT2D eigenvalue weighted by Crippen LogP contribution is -2.13. The Morgan fingerprint density at radius 3 is 2.26 bits per heavy atom. The van der Waals surface area contributed by atoms with E-state index < -0.39 is 17.6 Å². The second-order valence-electron chi connectivity index (χ2n) is 4.93. The van der Waals surface area contributed by atoms with E-state index >= 15 is 0 Å². The Kier molecular flexibility index (Phi) is 4.75. The van der Waals surface area contributed by atoms with Gasteiger partial charge in [-0.15, -0.1) is 0 Å². The number of benzene rings is 1. The van der Waals surface area contributed by atoms with Gasteiger partial charge in [0.15, 0.2) is 0 Å². The van der Waals surface area contributed by atoms with E-state index in [2.05, 4.69) is 15.3 Å². The van der Waals surface area contributed by atoms with Crippen LogP contribution in [0.1, 0.15) is 34.6 Å². The van der Waals surface area contributed by atoms with E-state index in [0.29, 0.717) is 16.9 Å². The van der Waals surface area contributed by atoms with Crippen LogP contribution in [0.15, 0.2) is 29.1 Å². The minimum Gasteiger partial charge on any atom is -0.481 e. The van der Waals surface area contributed by atoms with Crippen LogP contribution in [0, 0.1) is 6.92 Å². The SMILES string of the molecule is Cc1[nH]c(=O)[nH]c1C(=O)c1ccc(NC(=O)CCC(=O)O)cc1. The molecule has 1 aromatic heterocycles. The van der Waals surface area contributed by atoms with E-state index in [1.165, 1.54) is 24.3 Å². The summed E-state index contributed by atoms with van der Waals surface area (Å²) < 4.78 is 0. The van der Waals surface area contributed by atoms with Crippen molar-refractivity contribution in [1.29, 1.82) is 0 Å². The lowest BCUT2D eigenvalue weighted by atomic mass is 10.1. The van der Waals surface area contributed by atoms with Gasteiger partial charge in [-0.1, -0.05) is 0 Å². The van der Waals surface area contributed by atoms with Gasteiger partial charge in [0, 0.05) is 23.4 Å². The summed E-state index contributed by atoms with van der Waals surface area (Å²) in [6.45, 7) is 1.61. The van der Waals surface area contributed by atoms with Gasteiger partial charge in [-0.25, -0.2) is 4.79 Å². The summed E-state index contributed by atoms with van der Waals surface area (Å²) in [5.41, 5.74) is 0.996. The van der Waals surface area contributed by atoms with Crippen molar-refractivity contribution in [3.8, 4) is 0 Å². The molecule has 120 valence electrons. The van der Waals surface area contributed by atoms with Crippen molar-refractivity contribution in [2.75, 3.05) is 5.32 Å². The molecular weight excluding hydrogens is 302 g/mol. The topological polar surface area (TPSA) is 132 Å². The second kappa shape index (κ2) is 6.73. The molecular formula is C15H15N3O5. The average Bonchev–Trinajstić information content (AvgIpc) is 2.84. The smallest absolute Gasteiger partial charge is 0.323 e. The van der Waals surface area contributed by atoms with Crippen LogP contribution < -0.4 is 11.0 Å². The highest BCUT2D eigenvalue weighted by Gasteiger charge is 2.15. The molecule has 8 nitrogen and oxygen atoms in total. The molecule has 0 radical (unpaired) electrons. The summed E-state index contributed by atoms with van der Waals surface area (Å²) in [7, 11) is 0. The van der Waals surface area contributed by atoms with Gasteiger partial charge in [0.25, 0.3) is 0 Å². The van der Waals surface area contributed by atoms with Crippen molar-refractivity contribution in [3.63, 3.8) is 0 Å². The molecule has 23 heavy (non-hydrogen) atoms. The minimum absolute atomic E-state index is 0.125. The van der Waals surface area contributed by atoms with E-state index in [1.54, 1.807) is 6.92 Å². The van der Waals surface area contributed by atoms with Crippen LogP contribution in [-0.2, 0) is 9.59 Å². The number of nitrogens with one attached hydrogen (secondary N) is 3. The van der Waals surface area contributed by atoms with Crippen LogP contribution in [0.4, 0.5) is 5.69 Å². The molecule has 0 atom stereocenters. The molecule has 1 amide bonds. The fourth-order valence-electron chi connectivity index (χ4n) is 1.99. The maximum atomic E-state index is 12.2. The summed E-state index contributed by atoms with van der Waals surface area (Å²) in [5.74, 6) is -1.81. The van der Waals surface area contributed by atoms with E-state index in [4.69, 9.17) is 5.11 Å². The van der Waals surface area contributed by atoms with Gasteiger partial charge < -0.3 is 20.4 Å². The Hall–Kier alpha value is -3.16. The van der Waals surface area contributed by atoms with Crippen molar-refractivity contribution < 1.29 is 19.5 Å². The molecule has 0 saturated heterocycles. The number of aromatic nitrogens is 2. The van der Waals surface area contributed by atoms with E-state index in [-0.39, 0.29) is 24.3 Å². The first-order valence-corrected chi connectivity index (χ1v) is 6.82. The number of aryl methyl sites for hydroxylation is 1. The Balaban J connectivity index is 2.06. The quantitative estimate of drug-likeness (QED) is 0.591. The number of rotatable bonds is 6. The maximum Gasteiger partial charge on any atom is 0.323 e. The van der Waals surface area contributed by atoms with Gasteiger partial charge in [0.1, 0.15) is 5.69 Å². The average molecular weight is 317 g/mol. The molecule has 2 aromatic rings. The number of hydrogen-bond donors (Lipinski definition) is 4. The summed E-state index contributed by atoms with van der Waals surface area (Å²) in [4.78, 5) is 50.3. The van der Waals surface area contributed by atoms with Crippen molar-refractivity contribution in [3.05, 3.63) is 51.7 Å². The summed E-state index contributed by atoms with van der Waals surface area (Å²) in [5, 5.41) is 11.1. The minimum atomic E-state index is -1.04. The van der Waals surface area contributed by atoms with Crippen LogP contribution in [0.3, 0.4) is 0 Å². The maximum absolute atomic E-state index is 12.2. The molecule has 8 heteroatoms. The van der Waals surface area contributed by atoms with Crippen LogP contribution >= 0.6 is 0 Å². The zero-order valence-corrected chi connectivity index (χ0v) is 12.3. The first kappa shape index (κ1) is 16.2. The molecule has 1 heterocycles. The van der Waals surface area contributed by atoms with Gasteiger partial charge in [0.2, 0.25) is 11.7 Å². The number of carbonyl (C=O) groups excluding carboxylic acids is 2. The monoisotopic (exact) mass is 317 g/mol. The van der Waals surface area contributed by atoms with Crippen LogP contribution in [0.5, 0.6) is 0 Å². The van der Waals surface area contributed by atoms with Crippen molar-refractivity contribution in [2.24, 2.45) is 0 Å². The predicted octanol–water partition coefficient (Wildman–Crippen LogP) is 1.05. The number of carboxylic acids is 1. The van der Waals surface area contributed by atoms with Crippen LogP contribution in [0.25, 0.3) is 0 Å². The number of ketones is 1. The standard InChI is InChI=1S/C15H15N3O5/c1-8-13(18-15(23)16-8)14(22)9-2-4-10(5-3-9)17-11(19)6-7-12(20)21/h2-5H,6-7H2,1H3,(H,17,19)(H,20,21)(H2,16,18,23). The van der Waals surface area contributed by atoms with Gasteiger partial charge in [-0.3, -0.25) is 14.4 Å². The molecule has 0 aliphatic heterocycles. The summed E-state index contributed by atoms with van der Waals surface area (Å²) in [6, 6.07) is 6.10. The Morgan fingerprint density at radius 2 is 1.74 bits per heavy atom. The van der Waals surface area contributed by atoms with Gasteiger partial charge in [-0.05, 0) is 31.2 Å². The molecule has 0 bridgehead atoms. The van der Waals surface area contributed by atoms with Crippen molar-refractivity contribution in [1.82, 2.24) is 9.97 Å². The number of aliphatic carboxylic acids is 1. The van der Waals surface area contributed by atoms with Crippen LogP contribution in [-0.4, -0.2) is 32.7 Å². The second-order valence-corrected chi connectivity index (χ2v) is 4.93. The number of hydrogen-bond acceptors (Lipinski definition) is 4. The highest BCUT2D eigenvalue weighted by Crippen LogP contribution is 2.14. The molecule has 0 unspecified atom stereocenters. The number of aromatic amines is 2. The molecule has 0 saturated carbocycles. The lowest BCUT2D eigenvalue weighted by Gasteiger charge is -2.05. The number of amides is 1. The predicted molar refractivity (Wildman–Crippen MR) is 81.5 cm³/mol. The molecule has 0 aliphatic carbocycles. The largest absolute Gasteiger partial charge is 0.481 e. The van der Waals surface area contributed by atoms with Gasteiger partial charge >= 0.3 is 11.7 Å². The number of carbonyl (C=O) groups is 3. The Bertz CT molecular complexity index is 801. The van der Waals surface area contributed by atoms with Crippen molar-refractivity contribution in [2.45, 2.75) is 19.8 Å². The molecule has 0 spiro atoms. The summed E-state index contributed by atoms with van der Waals surface area (Å²) >= 11 is 0. The van der Waals surface area contributed by atoms with Gasteiger partial charge in [0.05, 0.1) is 6.42 Å². The molecule has 0 fully saturated rings. The molecule has 4 N–H and O–H groups in total. The van der Waals surface area contributed by atoms with E-state index in [1.807, 2.05) is 0 Å². The zero-order chi connectivity index (χ0) is 17.0. The first-order chi connectivity index (χ1) is 10.9. The molecule has 1 aromatic carbocycles. The summed E-state index contributed by atoms with van der Waals surface area (Å²) in [6.07, 6.45) is -0.373. The number of carboxylic acid groups (broad SMARTS) is 1.